The number of likely N-dealkylation sites (tertiary alicyclic amines) is 1. The number of pyridine rings is 1. The lowest BCUT2D eigenvalue weighted by Gasteiger charge is -2.40. The van der Waals surface area contributed by atoms with Crippen molar-refractivity contribution >= 4 is 22.9 Å². The van der Waals surface area contributed by atoms with Crippen molar-refractivity contribution < 1.29 is 4.79 Å². The molecule has 4 heterocycles. The predicted octanol–water partition coefficient (Wildman–Crippen LogP) is 3.70. The summed E-state index contributed by atoms with van der Waals surface area (Å²) in [5, 5.41) is 4.10. The Labute approximate surface area is 169 Å². The first-order valence-corrected chi connectivity index (χ1v) is 10.6. The Morgan fingerprint density at radius 3 is 2.79 bits per heavy atom. The zero-order valence-corrected chi connectivity index (χ0v) is 17.5. The van der Waals surface area contributed by atoms with Gasteiger partial charge in [0, 0.05) is 36.6 Å². The van der Waals surface area contributed by atoms with Crippen molar-refractivity contribution in [1.82, 2.24) is 24.6 Å². The van der Waals surface area contributed by atoms with E-state index in [1.807, 2.05) is 28.9 Å². The van der Waals surface area contributed by atoms with Crippen molar-refractivity contribution in [3.63, 3.8) is 0 Å². The standard InChI is InChI=1S/C21H27N5OS/c1-21(2,3)26-9-5-16(6-10-26)20-24-14-17(28-20)19(27)23-13-15-4-8-25-11-7-22-18(25)12-15/h4,7-8,11-12,14,16H,5-6,9-10,13H2,1-3H3,(H,23,27). The Hall–Kier alpha value is -2.25. The maximum absolute atomic E-state index is 12.5. The molecule has 0 bridgehead atoms. The van der Waals surface area contributed by atoms with E-state index in [0.717, 1.165) is 42.1 Å². The third-order valence-corrected chi connectivity index (χ3v) is 6.61. The van der Waals surface area contributed by atoms with Gasteiger partial charge in [-0.1, -0.05) is 0 Å². The summed E-state index contributed by atoms with van der Waals surface area (Å²) in [5.74, 6) is 0.409. The lowest BCUT2D eigenvalue weighted by molar-refractivity contribution is 0.0954. The van der Waals surface area contributed by atoms with E-state index >= 15 is 0 Å². The molecule has 148 valence electrons. The van der Waals surface area contributed by atoms with Crippen LogP contribution in [0.15, 0.2) is 36.9 Å². The van der Waals surface area contributed by atoms with Crippen LogP contribution in [0.2, 0.25) is 0 Å². The summed E-state index contributed by atoms with van der Waals surface area (Å²) in [6, 6.07) is 3.98. The summed E-state index contributed by atoms with van der Waals surface area (Å²) in [6.45, 7) is 9.47. The first-order chi connectivity index (χ1) is 13.4. The molecule has 0 atom stereocenters. The molecule has 6 nitrogen and oxygen atoms in total. The van der Waals surface area contributed by atoms with Gasteiger partial charge in [0.25, 0.3) is 5.91 Å². The van der Waals surface area contributed by atoms with Crippen LogP contribution in [0.3, 0.4) is 0 Å². The van der Waals surface area contributed by atoms with Crippen LogP contribution in [-0.2, 0) is 6.54 Å². The summed E-state index contributed by atoms with van der Waals surface area (Å²) in [7, 11) is 0. The Morgan fingerprint density at radius 1 is 1.25 bits per heavy atom. The topological polar surface area (TPSA) is 62.5 Å². The number of carbonyl (C=O) groups is 1. The van der Waals surface area contributed by atoms with Gasteiger partial charge < -0.3 is 9.72 Å². The number of nitrogens with one attached hydrogen (secondary N) is 1. The van der Waals surface area contributed by atoms with Gasteiger partial charge in [-0.05, 0) is 64.4 Å². The molecule has 0 radical (unpaired) electrons. The number of thiazole rings is 1. The number of nitrogens with zero attached hydrogens (tertiary/aromatic N) is 4. The zero-order valence-electron chi connectivity index (χ0n) is 16.7. The molecule has 3 aromatic heterocycles. The number of hydrogen-bond acceptors (Lipinski definition) is 5. The van der Waals surface area contributed by atoms with E-state index in [0.29, 0.717) is 17.3 Å². The highest BCUT2D eigenvalue weighted by Gasteiger charge is 2.29. The number of hydrogen-bond donors (Lipinski definition) is 1. The molecule has 1 amide bonds. The molecule has 1 fully saturated rings. The normalized spacial score (nSPS) is 16.5. The van der Waals surface area contributed by atoms with E-state index in [1.165, 1.54) is 11.3 Å². The maximum atomic E-state index is 12.5. The average Bonchev–Trinajstić information content (AvgIpc) is 3.34. The SMILES string of the molecule is CC(C)(C)N1CCC(c2ncc(C(=O)NCc3ccn4ccnc4c3)s2)CC1. The average molecular weight is 398 g/mol. The van der Waals surface area contributed by atoms with Gasteiger partial charge in [-0.25, -0.2) is 9.97 Å². The smallest absolute Gasteiger partial charge is 0.263 e. The van der Waals surface area contributed by atoms with Gasteiger partial charge in [-0.2, -0.15) is 0 Å². The quantitative estimate of drug-likeness (QED) is 0.729. The largest absolute Gasteiger partial charge is 0.347 e. The van der Waals surface area contributed by atoms with E-state index in [1.54, 1.807) is 12.4 Å². The summed E-state index contributed by atoms with van der Waals surface area (Å²) < 4.78 is 1.95. The van der Waals surface area contributed by atoms with E-state index in [2.05, 4.69) is 41.0 Å². The van der Waals surface area contributed by atoms with E-state index in [-0.39, 0.29) is 11.4 Å². The lowest BCUT2D eigenvalue weighted by Crippen LogP contribution is -2.45. The van der Waals surface area contributed by atoms with Gasteiger partial charge in [0.05, 0.1) is 11.2 Å². The van der Waals surface area contributed by atoms with Crippen LogP contribution in [0.25, 0.3) is 5.65 Å². The number of fused-ring (bicyclic) bond motifs is 1. The highest BCUT2D eigenvalue weighted by Crippen LogP contribution is 2.33. The van der Waals surface area contributed by atoms with Crippen molar-refractivity contribution in [3.8, 4) is 0 Å². The highest BCUT2D eigenvalue weighted by molar-refractivity contribution is 7.13. The van der Waals surface area contributed by atoms with Crippen molar-refractivity contribution in [1.29, 1.82) is 0 Å². The Balaban J connectivity index is 1.34. The first kappa shape index (κ1) is 19.1. The Kier molecular flexibility index (Phi) is 5.21. The summed E-state index contributed by atoms with van der Waals surface area (Å²) in [5.41, 5.74) is 2.14. The number of rotatable bonds is 4. The molecule has 1 aliphatic heterocycles. The zero-order chi connectivity index (χ0) is 19.7. The molecule has 0 spiro atoms. The maximum Gasteiger partial charge on any atom is 0.263 e. The van der Waals surface area contributed by atoms with Gasteiger partial charge in [-0.15, -0.1) is 11.3 Å². The van der Waals surface area contributed by atoms with Crippen molar-refractivity contribution in [2.45, 2.75) is 51.6 Å². The van der Waals surface area contributed by atoms with Crippen molar-refractivity contribution in [2.24, 2.45) is 0 Å². The van der Waals surface area contributed by atoms with Crippen LogP contribution in [0.1, 0.15) is 59.8 Å². The molecular formula is C21H27N5OS. The third-order valence-electron chi connectivity index (χ3n) is 5.46. The molecule has 1 saturated heterocycles. The van der Waals surface area contributed by atoms with Crippen LogP contribution < -0.4 is 5.32 Å². The van der Waals surface area contributed by atoms with Gasteiger partial charge in [0.15, 0.2) is 0 Å². The monoisotopic (exact) mass is 397 g/mol. The second kappa shape index (κ2) is 7.64. The van der Waals surface area contributed by atoms with Crippen molar-refractivity contribution in [2.75, 3.05) is 13.1 Å². The number of aromatic nitrogens is 3. The van der Waals surface area contributed by atoms with Crippen LogP contribution in [0, 0.1) is 0 Å². The van der Waals surface area contributed by atoms with Crippen LogP contribution >= 0.6 is 11.3 Å². The van der Waals surface area contributed by atoms with E-state index in [9.17, 15) is 4.79 Å². The van der Waals surface area contributed by atoms with Crippen LogP contribution in [0.5, 0.6) is 0 Å². The van der Waals surface area contributed by atoms with Gasteiger partial charge in [0.2, 0.25) is 0 Å². The Morgan fingerprint density at radius 2 is 2.04 bits per heavy atom. The molecule has 3 aromatic rings. The molecule has 0 aliphatic carbocycles. The summed E-state index contributed by atoms with van der Waals surface area (Å²) in [4.78, 5) is 24.6. The van der Waals surface area contributed by atoms with Crippen molar-refractivity contribution in [3.05, 3.63) is 52.4 Å². The lowest BCUT2D eigenvalue weighted by atomic mass is 9.93. The van der Waals surface area contributed by atoms with Gasteiger partial charge >= 0.3 is 0 Å². The van der Waals surface area contributed by atoms with Gasteiger partial charge in [0.1, 0.15) is 10.5 Å². The fraction of sp³-hybridized carbons (Fsp3) is 0.476. The fourth-order valence-corrected chi connectivity index (χ4v) is 4.71. The van der Waals surface area contributed by atoms with E-state index in [4.69, 9.17) is 0 Å². The molecule has 1 N–H and O–H groups in total. The molecule has 28 heavy (non-hydrogen) atoms. The second-order valence-corrected chi connectivity index (χ2v) is 9.47. The fourth-order valence-electron chi connectivity index (χ4n) is 3.71. The summed E-state index contributed by atoms with van der Waals surface area (Å²) >= 11 is 1.54. The second-order valence-electron chi connectivity index (χ2n) is 8.41. The Bertz CT molecular complexity index is 962. The third kappa shape index (κ3) is 4.10. The number of amides is 1. The molecule has 0 saturated carbocycles. The van der Waals surface area contributed by atoms with Crippen LogP contribution in [-0.4, -0.2) is 43.8 Å². The van der Waals surface area contributed by atoms with Crippen LogP contribution in [0.4, 0.5) is 0 Å². The molecule has 0 aromatic carbocycles. The number of imidazole rings is 1. The highest BCUT2D eigenvalue weighted by atomic mass is 32.1. The number of piperidine rings is 1. The van der Waals surface area contributed by atoms with E-state index < -0.39 is 0 Å². The number of carbonyl (C=O) groups excluding carboxylic acids is 1. The summed E-state index contributed by atoms with van der Waals surface area (Å²) in [6.07, 6.45) is 9.57. The minimum atomic E-state index is -0.0564. The minimum Gasteiger partial charge on any atom is -0.347 e. The molecule has 7 heteroatoms. The predicted molar refractivity (Wildman–Crippen MR) is 112 cm³/mol. The van der Waals surface area contributed by atoms with Gasteiger partial charge in [-0.3, -0.25) is 9.69 Å². The molecule has 0 unspecified atom stereocenters. The molecule has 1 aliphatic rings. The molecule has 4 rings (SSSR count). The molecular weight excluding hydrogens is 370 g/mol. The first-order valence-electron chi connectivity index (χ1n) is 9.81. The minimum absolute atomic E-state index is 0.0564.